The van der Waals surface area contributed by atoms with Crippen LogP contribution in [-0.2, 0) is 9.53 Å². The van der Waals surface area contributed by atoms with Gasteiger partial charge < -0.3 is 9.90 Å². The van der Waals surface area contributed by atoms with E-state index >= 15 is 0 Å². The summed E-state index contributed by atoms with van der Waals surface area (Å²) in [5.41, 5.74) is 0. The number of ether oxygens (including phenoxy) is 1. The van der Waals surface area contributed by atoms with Crippen LogP contribution in [0.5, 0.6) is 0 Å². The van der Waals surface area contributed by atoms with Crippen molar-refractivity contribution < 1.29 is 128 Å². The molecule has 1 atom stereocenters. The average Bonchev–Trinajstić information content (AvgIpc) is 2.50. The maximum Gasteiger partial charge on any atom is 1.00 e. The van der Waals surface area contributed by atoms with E-state index in [4.69, 9.17) is 0 Å². The summed E-state index contributed by atoms with van der Waals surface area (Å²) < 4.78 is 242. The minimum atomic E-state index is -8.90. The number of hydrogen-bond donors (Lipinski definition) is 0. The number of halogens is 19. The SMILES string of the molecule is O=C([O-])C(F)(OC(F)(F)C(F)(F)C(F)(F)C(F)(F)C(F)(F)C(F)(F)C(F)(F)F)C(F)(F)F.[Na+]. The monoisotopic (exact) mass is 552 g/mol. The van der Waals surface area contributed by atoms with Crippen LogP contribution >= 0.6 is 0 Å². The molecule has 0 heterocycles. The van der Waals surface area contributed by atoms with E-state index in [1.54, 1.807) is 0 Å². The number of carboxylic acids is 1. The van der Waals surface area contributed by atoms with Gasteiger partial charge in [0.15, 0.2) is 0 Å². The van der Waals surface area contributed by atoms with Gasteiger partial charge in [-0.25, -0.2) is 0 Å². The Labute approximate surface area is 188 Å². The van der Waals surface area contributed by atoms with Gasteiger partial charge in [-0.15, -0.1) is 0 Å². The second kappa shape index (κ2) is 8.64. The van der Waals surface area contributed by atoms with Gasteiger partial charge in [0.2, 0.25) is 0 Å². The summed E-state index contributed by atoms with van der Waals surface area (Å²) in [5.74, 6) is -55.5. The third-order valence-electron chi connectivity index (χ3n) is 3.19. The van der Waals surface area contributed by atoms with Crippen LogP contribution < -0.4 is 34.7 Å². The molecule has 23 heteroatoms. The second-order valence-corrected chi connectivity index (χ2v) is 5.37. The Balaban J connectivity index is 0. The molecule has 3 nitrogen and oxygen atoms in total. The van der Waals surface area contributed by atoms with Crippen molar-refractivity contribution in [2.45, 2.75) is 53.9 Å². The first-order valence-corrected chi connectivity index (χ1v) is 6.41. The largest absolute Gasteiger partial charge is 1.00 e. The Kier molecular flexibility index (Phi) is 8.97. The maximum atomic E-state index is 13.2. The molecular formula is C10F19NaO3. The van der Waals surface area contributed by atoms with Gasteiger partial charge in [0.1, 0.15) is 5.97 Å². The van der Waals surface area contributed by atoms with Crippen molar-refractivity contribution >= 4 is 5.97 Å². The molecule has 0 N–H and O–H groups in total. The summed E-state index contributed by atoms with van der Waals surface area (Å²) in [5, 5.41) is 9.93. The molecule has 1 unspecified atom stereocenters. The molecule has 0 spiro atoms. The Bertz CT molecular complexity index is 724. The molecule has 0 fully saturated rings. The Hall–Kier alpha value is -0.900. The zero-order chi connectivity index (χ0) is 26.8. The molecule has 0 aromatic carbocycles. The van der Waals surface area contributed by atoms with Gasteiger partial charge in [-0.1, -0.05) is 0 Å². The van der Waals surface area contributed by atoms with Crippen molar-refractivity contribution in [1.82, 2.24) is 0 Å². The third-order valence-corrected chi connectivity index (χ3v) is 3.19. The first-order valence-electron chi connectivity index (χ1n) is 6.41. The van der Waals surface area contributed by atoms with Gasteiger partial charge in [-0.05, 0) is 0 Å². The number of carbonyl (C=O) groups is 1. The number of aliphatic carboxylic acids is 1. The molecule has 0 saturated carbocycles. The van der Waals surface area contributed by atoms with Gasteiger partial charge in [0.25, 0.3) is 0 Å². The van der Waals surface area contributed by atoms with E-state index in [1.807, 2.05) is 0 Å². The zero-order valence-electron chi connectivity index (χ0n) is 14.4. The standard InChI is InChI=1S/C10HF19O3.Na/c11-2(1(30)31,8(22,23)24)32-10(28,29)7(20,21)5(16,17)3(12,13)4(14,15)6(18,19)9(25,26)27;/h(H,30,31);/q;+1/p-1. The maximum absolute atomic E-state index is 13.2. The van der Waals surface area contributed by atoms with Crippen molar-refractivity contribution in [2.75, 3.05) is 0 Å². The Morgan fingerprint density at radius 2 is 0.758 bits per heavy atom. The van der Waals surface area contributed by atoms with Crippen molar-refractivity contribution in [3.05, 3.63) is 0 Å². The third kappa shape index (κ3) is 4.80. The van der Waals surface area contributed by atoms with Crippen molar-refractivity contribution in [3.63, 3.8) is 0 Å². The molecule has 0 aliphatic carbocycles. The molecule has 0 aromatic heterocycles. The summed E-state index contributed by atoms with van der Waals surface area (Å²) in [7, 11) is 0. The number of hydrogen-bond acceptors (Lipinski definition) is 3. The summed E-state index contributed by atoms with van der Waals surface area (Å²) >= 11 is 0. The number of rotatable bonds is 8. The molecule has 0 bridgehead atoms. The van der Waals surface area contributed by atoms with Gasteiger partial charge in [0.05, 0.1) is 0 Å². The fourth-order valence-corrected chi connectivity index (χ4v) is 1.41. The van der Waals surface area contributed by atoms with Crippen LogP contribution in [0.1, 0.15) is 0 Å². The van der Waals surface area contributed by atoms with Crippen LogP contribution in [-0.4, -0.2) is 59.9 Å². The van der Waals surface area contributed by atoms with E-state index in [0.717, 1.165) is 0 Å². The van der Waals surface area contributed by atoms with Gasteiger partial charge in [-0.3, -0.25) is 4.74 Å². The molecule has 192 valence electrons. The molecule has 0 aromatic rings. The minimum absolute atomic E-state index is 0. The van der Waals surface area contributed by atoms with Gasteiger partial charge >= 0.3 is 83.5 Å². The summed E-state index contributed by atoms with van der Waals surface area (Å²) in [6.45, 7) is 0. The van der Waals surface area contributed by atoms with Crippen molar-refractivity contribution in [1.29, 1.82) is 0 Å². The van der Waals surface area contributed by atoms with Crippen LogP contribution in [0.25, 0.3) is 0 Å². The molecule has 0 radical (unpaired) electrons. The average molecular weight is 552 g/mol. The molecule has 0 rings (SSSR count). The van der Waals surface area contributed by atoms with E-state index in [-0.39, 0.29) is 29.6 Å². The first-order chi connectivity index (χ1) is 13.4. The molecular weight excluding hydrogens is 552 g/mol. The normalized spacial score (nSPS) is 17.3. The molecule has 33 heavy (non-hydrogen) atoms. The van der Waals surface area contributed by atoms with Crippen LogP contribution in [0.2, 0.25) is 0 Å². The van der Waals surface area contributed by atoms with Crippen LogP contribution in [0.4, 0.5) is 83.4 Å². The molecule has 0 aliphatic heterocycles. The molecule has 0 aliphatic rings. The van der Waals surface area contributed by atoms with Crippen molar-refractivity contribution in [2.24, 2.45) is 0 Å². The zero-order valence-corrected chi connectivity index (χ0v) is 16.4. The van der Waals surface area contributed by atoms with E-state index < -0.39 is 59.9 Å². The fourth-order valence-electron chi connectivity index (χ4n) is 1.41. The predicted octanol–water partition coefficient (Wildman–Crippen LogP) is 1.32. The summed E-state index contributed by atoms with van der Waals surface area (Å²) in [6, 6.07) is 0. The van der Waals surface area contributed by atoms with Crippen LogP contribution in [0.3, 0.4) is 0 Å². The fraction of sp³-hybridized carbons (Fsp3) is 0.900. The topological polar surface area (TPSA) is 49.4 Å². The van der Waals surface area contributed by atoms with Crippen LogP contribution in [0, 0.1) is 0 Å². The summed E-state index contributed by atoms with van der Waals surface area (Å²) in [6.07, 6.45) is -23.6. The number of carbonyl (C=O) groups excluding carboxylic acids is 1. The molecule has 0 saturated heterocycles. The van der Waals surface area contributed by atoms with Crippen molar-refractivity contribution in [3.8, 4) is 0 Å². The quantitative estimate of drug-likeness (QED) is 0.338. The van der Waals surface area contributed by atoms with E-state index in [1.165, 1.54) is 4.74 Å². The van der Waals surface area contributed by atoms with E-state index in [2.05, 4.69) is 0 Å². The minimum Gasteiger partial charge on any atom is -0.544 e. The summed E-state index contributed by atoms with van der Waals surface area (Å²) in [4.78, 5) is 9.93. The molecule has 0 amide bonds. The Morgan fingerprint density at radius 3 is 1.00 bits per heavy atom. The van der Waals surface area contributed by atoms with E-state index in [0.29, 0.717) is 0 Å². The number of alkyl halides is 19. The smallest absolute Gasteiger partial charge is 0.544 e. The van der Waals surface area contributed by atoms with E-state index in [9.17, 15) is 93.3 Å². The second-order valence-electron chi connectivity index (χ2n) is 5.37. The Morgan fingerprint density at radius 1 is 0.485 bits per heavy atom. The number of carboxylic acid groups (broad SMARTS) is 1. The van der Waals surface area contributed by atoms with Gasteiger partial charge in [0, 0.05) is 0 Å². The van der Waals surface area contributed by atoms with Crippen LogP contribution in [0.15, 0.2) is 0 Å². The first kappa shape index (κ1) is 34.3. The predicted molar refractivity (Wildman–Crippen MR) is 51.7 cm³/mol. The van der Waals surface area contributed by atoms with Gasteiger partial charge in [-0.2, -0.15) is 83.4 Å².